The minimum Gasteiger partial charge on any atom is -0.394 e. The van der Waals surface area contributed by atoms with Crippen LogP contribution in [0.15, 0.2) is 24.3 Å². The fraction of sp³-hybridized carbons (Fsp3) is 0.353. The highest BCUT2D eigenvalue weighted by atomic mass is 35.5. The number of aliphatic hydroxyl groups is 1. The van der Waals surface area contributed by atoms with Crippen molar-refractivity contribution in [2.75, 3.05) is 13.2 Å². The number of nitrogens with one attached hydrogen (secondary N) is 1. The first-order valence-electron chi connectivity index (χ1n) is 7.77. The van der Waals surface area contributed by atoms with E-state index in [1.165, 1.54) is 23.5 Å². The van der Waals surface area contributed by atoms with Gasteiger partial charge in [0.25, 0.3) is 5.91 Å². The first kappa shape index (κ1) is 19.2. The second-order valence-corrected chi connectivity index (χ2v) is 7.37. The number of fused-ring (bicyclic) bond motifs is 1. The largest absolute Gasteiger partial charge is 0.416 e. The predicted octanol–water partition coefficient (Wildman–Crippen LogP) is 3.96. The summed E-state index contributed by atoms with van der Waals surface area (Å²) in [6.07, 6.45) is -3.95. The molecule has 2 aromatic rings. The second-order valence-electron chi connectivity index (χ2n) is 5.80. The molecule has 1 atom stereocenters. The molecular formula is C17H15ClF3NO3S. The van der Waals surface area contributed by atoms with E-state index in [-0.39, 0.29) is 10.6 Å². The molecule has 26 heavy (non-hydrogen) atoms. The molecule has 0 fully saturated rings. The summed E-state index contributed by atoms with van der Waals surface area (Å²) < 4.78 is 45.1. The molecule has 0 spiro atoms. The monoisotopic (exact) mass is 405 g/mol. The van der Waals surface area contributed by atoms with Crippen LogP contribution in [-0.2, 0) is 23.9 Å². The van der Waals surface area contributed by atoms with Crippen molar-refractivity contribution >= 4 is 28.8 Å². The van der Waals surface area contributed by atoms with E-state index in [1.54, 1.807) is 6.07 Å². The molecule has 1 aliphatic rings. The van der Waals surface area contributed by atoms with Crippen LogP contribution in [0.4, 0.5) is 13.2 Å². The normalized spacial score (nSPS) is 15.4. The summed E-state index contributed by atoms with van der Waals surface area (Å²) in [7, 11) is 0. The zero-order chi connectivity index (χ0) is 18.9. The number of amides is 1. The van der Waals surface area contributed by atoms with E-state index in [9.17, 15) is 23.1 Å². The van der Waals surface area contributed by atoms with Gasteiger partial charge in [0.05, 0.1) is 36.3 Å². The Kier molecular flexibility index (Phi) is 5.57. The van der Waals surface area contributed by atoms with E-state index in [0.717, 1.165) is 16.5 Å². The van der Waals surface area contributed by atoms with Gasteiger partial charge in [-0.2, -0.15) is 13.2 Å². The Morgan fingerprint density at radius 1 is 1.38 bits per heavy atom. The van der Waals surface area contributed by atoms with Gasteiger partial charge in [-0.25, -0.2) is 0 Å². The van der Waals surface area contributed by atoms with Crippen LogP contribution < -0.4 is 5.32 Å². The summed E-state index contributed by atoms with van der Waals surface area (Å²) in [6.45, 7) is 0.316. The van der Waals surface area contributed by atoms with Crippen LogP contribution >= 0.6 is 22.9 Å². The van der Waals surface area contributed by atoms with Gasteiger partial charge in [0.2, 0.25) is 0 Å². The molecule has 1 amide bonds. The third-order valence-electron chi connectivity index (χ3n) is 4.04. The lowest BCUT2D eigenvalue weighted by molar-refractivity contribution is -0.138. The molecule has 0 bridgehead atoms. The molecule has 4 nitrogen and oxygen atoms in total. The molecule has 1 aromatic carbocycles. The summed E-state index contributed by atoms with van der Waals surface area (Å²) in [5.74, 6) is -0.536. The van der Waals surface area contributed by atoms with E-state index in [2.05, 4.69) is 5.32 Å². The highest BCUT2D eigenvalue weighted by Gasteiger charge is 2.36. The van der Waals surface area contributed by atoms with Gasteiger partial charge in [0.15, 0.2) is 0 Å². The number of rotatable bonds is 4. The maximum atomic E-state index is 13.3. The van der Waals surface area contributed by atoms with Crippen molar-refractivity contribution in [3.8, 4) is 0 Å². The Hall–Kier alpha value is -1.61. The molecule has 2 N–H and O–H groups in total. The van der Waals surface area contributed by atoms with Gasteiger partial charge in [-0.3, -0.25) is 4.79 Å². The average Bonchev–Trinajstić information content (AvgIpc) is 3.03. The molecule has 2 heterocycles. The van der Waals surface area contributed by atoms with Gasteiger partial charge < -0.3 is 15.2 Å². The molecule has 0 radical (unpaired) electrons. The van der Waals surface area contributed by atoms with E-state index in [1.807, 2.05) is 0 Å². The van der Waals surface area contributed by atoms with Crippen LogP contribution in [0, 0.1) is 0 Å². The summed E-state index contributed by atoms with van der Waals surface area (Å²) in [5.41, 5.74) is -0.306. The van der Waals surface area contributed by atoms with Crippen LogP contribution in [0.25, 0.3) is 0 Å². The predicted molar refractivity (Wildman–Crippen MR) is 91.4 cm³/mol. The van der Waals surface area contributed by atoms with E-state index >= 15 is 0 Å². The minimum atomic E-state index is -4.66. The lowest BCUT2D eigenvalue weighted by Crippen LogP contribution is -2.31. The zero-order valence-electron chi connectivity index (χ0n) is 13.4. The second kappa shape index (κ2) is 7.56. The number of benzene rings is 1. The molecule has 9 heteroatoms. The number of aliphatic hydroxyl groups excluding tert-OH is 1. The van der Waals surface area contributed by atoms with Crippen molar-refractivity contribution in [1.29, 1.82) is 0 Å². The number of ether oxygens (including phenoxy) is 1. The topological polar surface area (TPSA) is 58.6 Å². The SMILES string of the molecule is O=C(NC(CO)c1ccc(Cl)cc1C(F)(F)F)c1cc2c(s1)CCOC2. The van der Waals surface area contributed by atoms with Crippen molar-refractivity contribution in [3.63, 3.8) is 0 Å². The molecular weight excluding hydrogens is 391 g/mol. The fourth-order valence-corrected chi connectivity index (χ4v) is 4.01. The van der Waals surface area contributed by atoms with Crippen LogP contribution in [0.2, 0.25) is 5.02 Å². The first-order valence-corrected chi connectivity index (χ1v) is 8.96. The minimum absolute atomic E-state index is 0.0741. The third-order valence-corrected chi connectivity index (χ3v) is 5.51. The summed E-state index contributed by atoms with van der Waals surface area (Å²) in [5, 5.41) is 12.0. The standard InChI is InChI=1S/C17H15ClF3NO3S/c18-10-1-2-11(12(6-10)17(19,20)21)13(7-23)22-16(24)15-5-9-8-25-4-3-14(9)26-15/h1-2,5-6,13,23H,3-4,7-8H2,(H,22,24). The molecule has 0 saturated heterocycles. The number of hydrogen-bond acceptors (Lipinski definition) is 4. The van der Waals surface area contributed by atoms with Crippen molar-refractivity contribution in [1.82, 2.24) is 5.32 Å². The van der Waals surface area contributed by atoms with Crippen LogP contribution in [0.3, 0.4) is 0 Å². The van der Waals surface area contributed by atoms with Gasteiger partial charge in [0.1, 0.15) is 0 Å². The summed E-state index contributed by atoms with van der Waals surface area (Å²) in [6, 6.07) is 3.72. The lowest BCUT2D eigenvalue weighted by Gasteiger charge is -2.21. The average molecular weight is 406 g/mol. The van der Waals surface area contributed by atoms with Gasteiger partial charge in [0, 0.05) is 16.3 Å². The van der Waals surface area contributed by atoms with Crippen molar-refractivity contribution < 1.29 is 27.8 Å². The molecule has 0 saturated carbocycles. The lowest BCUT2D eigenvalue weighted by atomic mass is 10.00. The Bertz CT molecular complexity index is 799. The van der Waals surface area contributed by atoms with Gasteiger partial charge in [-0.1, -0.05) is 17.7 Å². The van der Waals surface area contributed by atoms with Crippen molar-refractivity contribution in [3.05, 3.63) is 55.7 Å². The van der Waals surface area contributed by atoms with Crippen molar-refractivity contribution in [2.45, 2.75) is 25.2 Å². The number of hydrogen-bond donors (Lipinski definition) is 2. The number of alkyl halides is 3. The van der Waals surface area contributed by atoms with Gasteiger partial charge >= 0.3 is 6.18 Å². The molecule has 0 aliphatic carbocycles. The van der Waals surface area contributed by atoms with E-state index in [4.69, 9.17) is 16.3 Å². The zero-order valence-corrected chi connectivity index (χ0v) is 15.0. The number of carbonyl (C=O) groups excluding carboxylic acids is 1. The Morgan fingerprint density at radius 2 is 2.15 bits per heavy atom. The maximum Gasteiger partial charge on any atom is 0.416 e. The van der Waals surface area contributed by atoms with Crippen LogP contribution in [-0.4, -0.2) is 24.2 Å². The first-order chi connectivity index (χ1) is 12.3. The van der Waals surface area contributed by atoms with Crippen LogP contribution in [0.1, 0.15) is 37.3 Å². The molecule has 1 unspecified atom stereocenters. The van der Waals surface area contributed by atoms with Gasteiger partial charge in [-0.15, -0.1) is 11.3 Å². The number of halogens is 4. The van der Waals surface area contributed by atoms with E-state index in [0.29, 0.717) is 24.5 Å². The highest BCUT2D eigenvalue weighted by Crippen LogP contribution is 2.36. The number of thiophene rings is 1. The maximum absolute atomic E-state index is 13.3. The van der Waals surface area contributed by atoms with Gasteiger partial charge in [-0.05, 0) is 29.3 Å². The Labute approximate surface area is 156 Å². The molecule has 1 aromatic heterocycles. The Morgan fingerprint density at radius 3 is 2.81 bits per heavy atom. The third kappa shape index (κ3) is 4.03. The summed E-state index contributed by atoms with van der Waals surface area (Å²) in [4.78, 5) is 13.9. The quantitative estimate of drug-likeness (QED) is 0.809. The highest BCUT2D eigenvalue weighted by molar-refractivity contribution is 7.14. The van der Waals surface area contributed by atoms with E-state index < -0.39 is 30.3 Å². The molecule has 1 aliphatic heterocycles. The summed E-state index contributed by atoms with van der Waals surface area (Å²) >= 11 is 6.96. The molecule has 3 rings (SSSR count). The fourth-order valence-electron chi connectivity index (χ4n) is 2.79. The van der Waals surface area contributed by atoms with Crippen LogP contribution in [0.5, 0.6) is 0 Å². The van der Waals surface area contributed by atoms with Crippen molar-refractivity contribution in [2.24, 2.45) is 0 Å². The molecule has 140 valence electrons. The smallest absolute Gasteiger partial charge is 0.394 e. The Balaban J connectivity index is 1.86. The number of carbonyl (C=O) groups is 1.